The Hall–Kier alpha value is -2.18. The molecule has 1 aromatic rings. The van der Waals surface area contributed by atoms with Gasteiger partial charge in [-0.25, -0.2) is 0 Å². The Kier molecular flexibility index (Phi) is 4.55. The van der Waals surface area contributed by atoms with Crippen LogP contribution in [0.1, 0.15) is 42.6 Å². The minimum absolute atomic E-state index is 0.0868. The van der Waals surface area contributed by atoms with E-state index in [0.29, 0.717) is 31.9 Å². The van der Waals surface area contributed by atoms with Gasteiger partial charge in [0.15, 0.2) is 11.5 Å². The third kappa shape index (κ3) is 3.60. The van der Waals surface area contributed by atoms with E-state index in [-0.39, 0.29) is 17.7 Å². The molecule has 4 rings (SSSR count). The molecule has 25 heavy (non-hydrogen) atoms. The molecule has 0 unspecified atom stereocenters. The molecule has 7 heteroatoms. The Morgan fingerprint density at radius 2 is 1.52 bits per heavy atom. The molecule has 0 bridgehead atoms. The van der Waals surface area contributed by atoms with Gasteiger partial charge in [0.05, 0.1) is 0 Å². The highest BCUT2D eigenvalue weighted by atomic mass is 16.2. The summed E-state index contributed by atoms with van der Waals surface area (Å²) in [5, 5.41) is 8.41. The molecular weight excluding hydrogens is 318 g/mol. The number of nitrogens with zero attached hydrogens (tertiary/aromatic N) is 5. The summed E-state index contributed by atoms with van der Waals surface area (Å²) in [6.45, 7) is 4.43. The van der Waals surface area contributed by atoms with Crippen LogP contribution in [0.5, 0.6) is 0 Å². The van der Waals surface area contributed by atoms with E-state index in [2.05, 4.69) is 15.1 Å². The lowest BCUT2D eigenvalue weighted by Crippen LogP contribution is -2.51. The highest BCUT2D eigenvalue weighted by Gasteiger charge is 2.35. The predicted molar refractivity (Wildman–Crippen MR) is 93.3 cm³/mol. The zero-order chi connectivity index (χ0) is 17.2. The standard InChI is InChI=1S/C18H25N5O2/c24-17(14-4-5-14)22-10-12-23(13-11-22)18(25)15-6-7-16(20-19-15)21-8-2-1-3-9-21/h6-7,14H,1-5,8-13H2. The normalized spacial score (nSPS) is 21.4. The molecule has 3 fully saturated rings. The van der Waals surface area contributed by atoms with E-state index in [1.54, 1.807) is 11.0 Å². The van der Waals surface area contributed by atoms with Crippen LogP contribution in [0.25, 0.3) is 0 Å². The summed E-state index contributed by atoms with van der Waals surface area (Å²) < 4.78 is 0. The number of hydrogen-bond acceptors (Lipinski definition) is 5. The van der Waals surface area contributed by atoms with Crippen LogP contribution in [0.4, 0.5) is 5.82 Å². The molecule has 3 heterocycles. The number of rotatable bonds is 3. The first-order chi connectivity index (χ1) is 12.2. The van der Waals surface area contributed by atoms with Gasteiger partial charge in [-0.3, -0.25) is 9.59 Å². The molecule has 7 nitrogen and oxygen atoms in total. The fourth-order valence-electron chi connectivity index (χ4n) is 3.61. The first-order valence-corrected chi connectivity index (χ1v) is 9.39. The molecular formula is C18H25N5O2. The van der Waals surface area contributed by atoms with Gasteiger partial charge < -0.3 is 14.7 Å². The van der Waals surface area contributed by atoms with Crippen LogP contribution < -0.4 is 4.90 Å². The van der Waals surface area contributed by atoms with E-state index in [9.17, 15) is 9.59 Å². The second-order valence-corrected chi connectivity index (χ2v) is 7.22. The minimum atomic E-state index is -0.0868. The van der Waals surface area contributed by atoms with E-state index in [1.807, 2.05) is 11.0 Å². The van der Waals surface area contributed by atoms with Crippen LogP contribution in [0.15, 0.2) is 12.1 Å². The Morgan fingerprint density at radius 3 is 2.12 bits per heavy atom. The molecule has 0 aromatic carbocycles. The van der Waals surface area contributed by atoms with Crippen molar-refractivity contribution in [2.45, 2.75) is 32.1 Å². The van der Waals surface area contributed by atoms with Gasteiger partial charge in [-0.15, -0.1) is 10.2 Å². The average Bonchev–Trinajstić information content (AvgIpc) is 3.53. The van der Waals surface area contributed by atoms with Crippen LogP contribution in [0.3, 0.4) is 0 Å². The Bertz CT molecular complexity index is 629. The maximum absolute atomic E-state index is 12.6. The van der Waals surface area contributed by atoms with Crippen LogP contribution in [0, 0.1) is 5.92 Å². The van der Waals surface area contributed by atoms with Crippen molar-refractivity contribution in [1.82, 2.24) is 20.0 Å². The van der Waals surface area contributed by atoms with Gasteiger partial charge in [0.2, 0.25) is 5.91 Å². The fourth-order valence-corrected chi connectivity index (χ4v) is 3.61. The smallest absolute Gasteiger partial charge is 0.274 e. The zero-order valence-corrected chi connectivity index (χ0v) is 14.6. The molecule has 1 saturated carbocycles. The maximum Gasteiger partial charge on any atom is 0.274 e. The van der Waals surface area contributed by atoms with Gasteiger partial charge in [-0.1, -0.05) is 0 Å². The second-order valence-electron chi connectivity index (χ2n) is 7.22. The van der Waals surface area contributed by atoms with Crippen molar-refractivity contribution in [3.05, 3.63) is 17.8 Å². The number of carbonyl (C=O) groups excluding carboxylic acids is 2. The maximum atomic E-state index is 12.6. The number of aromatic nitrogens is 2. The van der Waals surface area contributed by atoms with Crippen molar-refractivity contribution in [2.24, 2.45) is 5.92 Å². The molecule has 2 amide bonds. The SMILES string of the molecule is O=C(c1ccc(N2CCCCC2)nn1)N1CCN(C(=O)C2CC2)CC1. The van der Waals surface area contributed by atoms with Gasteiger partial charge >= 0.3 is 0 Å². The van der Waals surface area contributed by atoms with E-state index in [0.717, 1.165) is 31.7 Å². The van der Waals surface area contributed by atoms with E-state index in [4.69, 9.17) is 0 Å². The monoisotopic (exact) mass is 343 g/mol. The summed E-state index contributed by atoms with van der Waals surface area (Å²) >= 11 is 0. The third-order valence-electron chi connectivity index (χ3n) is 5.35. The Labute approximate surface area is 148 Å². The predicted octanol–water partition coefficient (Wildman–Crippen LogP) is 1.16. The molecule has 2 aliphatic heterocycles. The number of piperidine rings is 1. The Morgan fingerprint density at radius 1 is 0.840 bits per heavy atom. The summed E-state index contributed by atoms with van der Waals surface area (Å²) in [5.41, 5.74) is 0.391. The number of piperazine rings is 1. The molecule has 3 aliphatic rings. The van der Waals surface area contributed by atoms with Crippen molar-refractivity contribution in [3.8, 4) is 0 Å². The lowest BCUT2D eigenvalue weighted by atomic mass is 10.1. The van der Waals surface area contributed by atoms with Gasteiger partial charge in [-0.2, -0.15) is 0 Å². The lowest BCUT2D eigenvalue weighted by molar-refractivity contribution is -0.134. The van der Waals surface area contributed by atoms with Crippen molar-refractivity contribution >= 4 is 17.6 Å². The van der Waals surface area contributed by atoms with Gasteiger partial charge in [0.25, 0.3) is 5.91 Å². The van der Waals surface area contributed by atoms with E-state index < -0.39 is 0 Å². The molecule has 134 valence electrons. The van der Waals surface area contributed by atoms with Gasteiger partial charge in [0.1, 0.15) is 0 Å². The average molecular weight is 343 g/mol. The van der Waals surface area contributed by atoms with Gasteiger partial charge in [-0.05, 0) is 44.2 Å². The fraction of sp³-hybridized carbons (Fsp3) is 0.667. The van der Waals surface area contributed by atoms with E-state index >= 15 is 0 Å². The van der Waals surface area contributed by atoms with E-state index in [1.165, 1.54) is 19.3 Å². The number of amides is 2. The van der Waals surface area contributed by atoms with Crippen LogP contribution in [-0.2, 0) is 4.79 Å². The highest BCUT2D eigenvalue weighted by molar-refractivity contribution is 5.92. The van der Waals surface area contributed by atoms with Crippen molar-refractivity contribution < 1.29 is 9.59 Å². The third-order valence-corrected chi connectivity index (χ3v) is 5.35. The molecule has 1 aliphatic carbocycles. The van der Waals surface area contributed by atoms with Crippen LogP contribution in [-0.4, -0.2) is 71.1 Å². The number of hydrogen-bond donors (Lipinski definition) is 0. The molecule has 0 N–H and O–H groups in total. The molecule has 2 saturated heterocycles. The topological polar surface area (TPSA) is 69.6 Å². The number of anilines is 1. The van der Waals surface area contributed by atoms with Crippen molar-refractivity contribution in [1.29, 1.82) is 0 Å². The molecule has 0 spiro atoms. The minimum Gasteiger partial charge on any atom is -0.355 e. The summed E-state index contributed by atoms with van der Waals surface area (Å²) in [5.74, 6) is 1.28. The summed E-state index contributed by atoms with van der Waals surface area (Å²) in [4.78, 5) is 30.6. The number of carbonyl (C=O) groups is 2. The molecule has 0 radical (unpaired) electrons. The van der Waals surface area contributed by atoms with Crippen molar-refractivity contribution in [3.63, 3.8) is 0 Å². The molecule has 1 aromatic heterocycles. The first-order valence-electron chi connectivity index (χ1n) is 9.39. The quantitative estimate of drug-likeness (QED) is 0.824. The Balaban J connectivity index is 1.34. The van der Waals surface area contributed by atoms with Crippen LogP contribution in [0.2, 0.25) is 0 Å². The summed E-state index contributed by atoms with van der Waals surface area (Å²) in [7, 11) is 0. The van der Waals surface area contributed by atoms with Crippen LogP contribution >= 0.6 is 0 Å². The summed E-state index contributed by atoms with van der Waals surface area (Å²) in [6, 6.07) is 3.68. The highest BCUT2D eigenvalue weighted by Crippen LogP contribution is 2.31. The zero-order valence-electron chi connectivity index (χ0n) is 14.6. The second kappa shape index (κ2) is 6.98. The lowest BCUT2D eigenvalue weighted by Gasteiger charge is -2.34. The first kappa shape index (κ1) is 16.3. The molecule has 0 atom stereocenters. The van der Waals surface area contributed by atoms with Gasteiger partial charge in [0, 0.05) is 45.2 Å². The largest absolute Gasteiger partial charge is 0.355 e. The van der Waals surface area contributed by atoms with Crippen molar-refractivity contribution in [2.75, 3.05) is 44.2 Å². The summed E-state index contributed by atoms with van der Waals surface area (Å²) in [6.07, 6.45) is 5.70.